The molecule has 4 aromatic rings. The molecule has 4 rings (SSSR count). The minimum Gasteiger partial charge on any atom is -0.330 e. The highest BCUT2D eigenvalue weighted by Gasteiger charge is 2.21. The summed E-state index contributed by atoms with van der Waals surface area (Å²) >= 11 is 2.77. The van der Waals surface area contributed by atoms with Gasteiger partial charge in [-0.1, -0.05) is 80.3 Å². The Bertz CT molecular complexity index is 1180. The van der Waals surface area contributed by atoms with Crippen molar-refractivity contribution in [1.29, 1.82) is 0 Å². The molecule has 1 amide bonds. The number of carbonyl (C=O) groups excluding carboxylic acids is 1. The normalized spacial score (nSPS) is 11.3. The molecule has 0 saturated heterocycles. The fourth-order valence-electron chi connectivity index (χ4n) is 2.87. The quantitative estimate of drug-likeness (QED) is 0.352. The third-order valence-electron chi connectivity index (χ3n) is 4.50. The molecule has 0 radical (unpaired) electrons. The van der Waals surface area contributed by atoms with Crippen LogP contribution in [0.15, 0.2) is 71.1 Å². The van der Waals surface area contributed by atoms with Gasteiger partial charge < -0.3 is 10.6 Å². The second kappa shape index (κ2) is 9.54. The zero-order valence-electron chi connectivity index (χ0n) is 18.1. The van der Waals surface area contributed by atoms with Crippen LogP contribution in [0.4, 0.5) is 16.6 Å². The number of anilines is 3. The van der Waals surface area contributed by atoms with Gasteiger partial charge in [0.2, 0.25) is 11.0 Å². The minimum absolute atomic E-state index is 0.125. The number of thioether (sulfide) groups is 1. The summed E-state index contributed by atoms with van der Waals surface area (Å²) in [6.45, 7) is 6.30. The highest BCUT2D eigenvalue weighted by Crippen LogP contribution is 2.29. The number of nitrogens with one attached hydrogen (secondary N) is 2. The molecular weight excluding hydrogens is 440 g/mol. The van der Waals surface area contributed by atoms with E-state index in [1.165, 1.54) is 23.1 Å². The van der Waals surface area contributed by atoms with Crippen molar-refractivity contribution in [3.63, 3.8) is 0 Å². The number of nitrogens with zero attached hydrogens (tertiary/aromatic N) is 4. The second-order valence-electron chi connectivity index (χ2n) is 8.11. The van der Waals surface area contributed by atoms with Crippen LogP contribution in [0, 0.1) is 0 Å². The fourth-order valence-corrected chi connectivity index (χ4v) is 4.44. The number of aromatic nitrogens is 4. The average Bonchev–Trinajstić information content (AvgIpc) is 3.40. The largest absolute Gasteiger partial charge is 0.330 e. The summed E-state index contributed by atoms with van der Waals surface area (Å²) in [7, 11) is 0. The van der Waals surface area contributed by atoms with Gasteiger partial charge >= 0.3 is 0 Å². The van der Waals surface area contributed by atoms with Gasteiger partial charge in [-0.05, 0) is 24.3 Å². The van der Waals surface area contributed by atoms with Crippen molar-refractivity contribution >= 4 is 45.6 Å². The third kappa shape index (κ3) is 5.54. The Morgan fingerprint density at radius 1 is 1.03 bits per heavy atom. The van der Waals surface area contributed by atoms with Crippen LogP contribution in [0.25, 0.3) is 5.69 Å². The first kappa shape index (κ1) is 22.0. The molecule has 2 heterocycles. The summed E-state index contributed by atoms with van der Waals surface area (Å²) < 4.78 is 2.50. The van der Waals surface area contributed by atoms with Gasteiger partial charge in [0.25, 0.3) is 0 Å². The van der Waals surface area contributed by atoms with E-state index in [2.05, 4.69) is 41.6 Å². The van der Waals surface area contributed by atoms with E-state index >= 15 is 0 Å². The third-order valence-corrected chi connectivity index (χ3v) is 6.48. The zero-order valence-corrected chi connectivity index (χ0v) is 19.7. The van der Waals surface area contributed by atoms with E-state index in [4.69, 9.17) is 5.10 Å². The number of carbonyl (C=O) groups is 1. The molecule has 0 atom stereocenters. The molecule has 164 valence electrons. The molecule has 0 fully saturated rings. The molecule has 0 aliphatic heterocycles. The average molecular weight is 465 g/mol. The summed E-state index contributed by atoms with van der Waals surface area (Å²) in [4.78, 5) is 12.7. The molecule has 0 aliphatic rings. The van der Waals surface area contributed by atoms with E-state index in [1.807, 2.05) is 66.7 Å². The molecule has 2 aromatic carbocycles. The van der Waals surface area contributed by atoms with E-state index in [0.29, 0.717) is 10.9 Å². The highest BCUT2D eigenvalue weighted by molar-refractivity contribution is 8.01. The van der Waals surface area contributed by atoms with Crippen LogP contribution in [-0.4, -0.2) is 31.6 Å². The van der Waals surface area contributed by atoms with Gasteiger partial charge in [-0.15, -0.1) is 10.2 Å². The van der Waals surface area contributed by atoms with Gasteiger partial charge in [-0.3, -0.25) is 4.79 Å². The molecule has 7 nitrogen and oxygen atoms in total. The summed E-state index contributed by atoms with van der Waals surface area (Å²) in [5.74, 6) is 0.751. The van der Waals surface area contributed by atoms with Crippen LogP contribution in [0.1, 0.15) is 26.5 Å². The minimum atomic E-state index is -0.136. The van der Waals surface area contributed by atoms with E-state index in [0.717, 1.165) is 21.4 Å². The Morgan fingerprint density at radius 3 is 2.41 bits per heavy atom. The van der Waals surface area contributed by atoms with Crippen molar-refractivity contribution in [3.05, 3.63) is 72.4 Å². The summed E-state index contributed by atoms with van der Waals surface area (Å²) in [6.07, 6.45) is 0. The molecule has 9 heteroatoms. The number of rotatable bonds is 7. The first-order chi connectivity index (χ1) is 15.4. The maximum Gasteiger partial charge on any atom is 0.235 e. The molecule has 0 spiro atoms. The lowest BCUT2D eigenvalue weighted by atomic mass is 9.92. The van der Waals surface area contributed by atoms with Crippen LogP contribution in [-0.2, 0) is 10.2 Å². The highest BCUT2D eigenvalue weighted by atomic mass is 32.2. The van der Waals surface area contributed by atoms with Gasteiger partial charge in [0, 0.05) is 17.2 Å². The number of hydrogen-bond acceptors (Lipinski definition) is 7. The van der Waals surface area contributed by atoms with Crippen LogP contribution >= 0.6 is 23.1 Å². The molecule has 32 heavy (non-hydrogen) atoms. The Balaban J connectivity index is 1.42. The Kier molecular flexibility index (Phi) is 6.57. The second-order valence-corrected chi connectivity index (χ2v) is 10.3. The summed E-state index contributed by atoms with van der Waals surface area (Å²) in [5, 5.41) is 19.9. The van der Waals surface area contributed by atoms with Crippen molar-refractivity contribution in [2.45, 2.75) is 30.5 Å². The van der Waals surface area contributed by atoms with Gasteiger partial charge in [-0.25, -0.2) is 4.68 Å². The standard InChI is InChI=1S/C23H24N6OS2/c1-23(2,3)18-14-19(29(28-18)17-12-8-5-9-13-17)25-20(30)15-31-22-27-26-21(32-22)24-16-10-6-4-7-11-16/h4-14H,15H2,1-3H3,(H,24,26)(H,25,30). The molecule has 2 aromatic heterocycles. The first-order valence-electron chi connectivity index (χ1n) is 10.1. The first-order valence-corrected chi connectivity index (χ1v) is 11.9. The smallest absolute Gasteiger partial charge is 0.235 e. The van der Waals surface area contributed by atoms with Gasteiger partial charge in [0.15, 0.2) is 4.34 Å². The number of para-hydroxylation sites is 2. The van der Waals surface area contributed by atoms with Crippen molar-refractivity contribution in [2.24, 2.45) is 0 Å². The van der Waals surface area contributed by atoms with E-state index in [9.17, 15) is 4.79 Å². The van der Waals surface area contributed by atoms with Crippen LogP contribution < -0.4 is 10.6 Å². The topological polar surface area (TPSA) is 84.7 Å². The molecular formula is C23H24N6OS2. The number of hydrogen-bond donors (Lipinski definition) is 2. The van der Waals surface area contributed by atoms with Gasteiger partial charge in [-0.2, -0.15) is 5.10 Å². The fraction of sp³-hybridized carbons (Fsp3) is 0.217. The maximum atomic E-state index is 12.7. The van der Waals surface area contributed by atoms with E-state index < -0.39 is 0 Å². The molecule has 2 N–H and O–H groups in total. The Morgan fingerprint density at radius 2 is 1.72 bits per heavy atom. The zero-order chi connectivity index (χ0) is 22.6. The SMILES string of the molecule is CC(C)(C)c1cc(NC(=O)CSc2nnc(Nc3ccccc3)s2)n(-c2ccccc2)n1. The lowest BCUT2D eigenvalue weighted by Gasteiger charge is -2.14. The lowest BCUT2D eigenvalue weighted by Crippen LogP contribution is -2.16. The maximum absolute atomic E-state index is 12.7. The Labute approximate surface area is 195 Å². The number of benzene rings is 2. The van der Waals surface area contributed by atoms with Crippen molar-refractivity contribution < 1.29 is 4.79 Å². The molecule has 0 aliphatic carbocycles. The van der Waals surface area contributed by atoms with Gasteiger partial charge in [0.05, 0.1) is 17.1 Å². The predicted octanol–water partition coefficient (Wildman–Crippen LogP) is 5.50. The van der Waals surface area contributed by atoms with Crippen LogP contribution in [0.2, 0.25) is 0 Å². The molecule has 0 saturated carbocycles. The van der Waals surface area contributed by atoms with Crippen molar-refractivity contribution in [1.82, 2.24) is 20.0 Å². The van der Waals surface area contributed by atoms with Crippen LogP contribution in [0.5, 0.6) is 0 Å². The van der Waals surface area contributed by atoms with Crippen LogP contribution in [0.3, 0.4) is 0 Å². The summed E-state index contributed by atoms with van der Waals surface area (Å²) in [5.41, 5.74) is 2.61. The Hall–Kier alpha value is -3.17. The number of amides is 1. The van der Waals surface area contributed by atoms with Gasteiger partial charge in [0.1, 0.15) is 5.82 Å². The summed E-state index contributed by atoms with van der Waals surface area (Å²) in [6, 6.07) is 21.5. The van der Waals surface area contributed by atoms with Crippen molar-refractivity contribution in [3.8, 4) is 5.69 Å². The van der Waals surface area contributed by atoms with E-state index in [-0.39, 0.29) is 17.1 Å². The lowest BCUT2D eigenvalue weighted by molar-refractivity contribution is -0.113. The molecule has 0 unspecified atom stereocenters. The van der Waals surface area contributed by atoms with Crippen molar-refractivity contribution in [2.75, 3.05) is 16.4 Å². The predicted molar refractivity (Wildman–Crippen MR) is 131 cm³/mol. The molecule has 0 bridgehead atoms. The van der Waals surface area contributed by atoms with E-state index in [1.54, 1.807) is 4.68 Å². The monoisotopic (exact) mass is 464 g/mol.